The Hall–Kier alpha value is -3.60. The second-order valence-corrected chi connectivity index (χ2v) is 4.89. The number of rotatable bonds is 4. The van der Waals surface area contributed by atoms with Crippen molar-refractivity contribution in [3.8, 4) is 17.5 Å². The number of aromatic nitrogens is 4. The summed E-state index contributed by atoms with van der Waals surface area (Å²) in [6.45, 7) is -0.134. The second kappa shape index (κ2) is 6.66. The molecule has 1 amide bonds. The van der Waals surface area contributed by atoms with Crippen molar-refractivity contribution in [1.82, 2.24) is 20.2 Å². The number of carbonyl (C=O) groups is 1. The zero-order valence-electron chi connectivity index (χ0n) is 12.3. The van der Waals surface area contributed by atoms with Crippen molar-refractivity contribution in [1.29, 1.82) is 5.26 Å². The first-order valence-corrected chi connectivity index (χ1v) is 6.98. The van der Waals surface area contributed by atoms with Gasteiger partial charge in [0.1, 0.15) is 12.4 Å². The zero-order chi connectivity index (χ0) is 16.9. The Morgan fingerprint density at radius 3 is 2.79 bits per heavy atom. The first kappa shape index (κ1) is 15.3. The van der Waals surface area contributed by atoms with E-state index in [1.54, 1.807) is 24.3 Å². The highest BCUT2D eigenvalue weighted by Crippen LogP contribution is 2.14. The van der Waals surface area contributed by atoms with Gasteiger partial charge in [0.05, 0.1) is 11.6 Å². The molecule has 0 bridgehead atoms. The molecule has 0 radical (unpaired) electrons. The van der Waals surface area contributed by atoms with Crippen LogP contribution in [-0.2, 0) is 11.3 Å². The maximum Gasteiger partial charge on any atom is 0.248 e. The number of halogens is 1. The molecule has 24 heavy (non-hydrogen) atoms. The molecule has 3 aromatic rings. The van der Waals surface area contributed by atoms with Crippen molar-refractivity contribution in [2.75, 3.05) is 5.32 Å². The molecule has 8 heteroatoms. The van der Waals surface area contributed by atoms with Gasteiger partial charge in [0.25, 0.3) is 0 Å². The molecule has 0 fully saturated rings. The Morgan fingerprint density at radius 2 is 2.04 bits per heavy atom. The maximum absolute atomic E-state index is 12.9. The van der Waals surface area contributed by atoms with Crippen LogP contribution in [-0.4, -0.2) is 26.1 Å². The van der Waals surface area contributed by atoms with E-state index < -0.39 is 0 Å². The number of nitrogens with one attached hydrogen (secondary N) is 1. The van der Waals surface area contributed by atoms with Gasteiger partial charge in [-0.15, -0.1) is 10.2 Å². The first-order valence-electron chi connectivity index (χ1n) is 6.98. The van der Waals surface area contributed by atoms with Crippen LogP contribution >= 0.6 is 0 Å². The predicted molar refractivity (Wildman–Crippen MR) is 83.0 cm³/mol. The van der Waals surface area contributed by atoms with Gasteiger partial charge in [-0.3, -0.25) is 4.79 Å². The van der Waals surface area contributed by atoms with Gasteiger partial charge in [-0.05, 0) is 47.7 Å². The summed E-state index contributed by atoms with van der Waals surface area (Å²) >= 11 is 0. The molecule has 118 valence electrons. The van der Waals surface area contributed by atoms with E-state index >= 15 is 0 Å². The summed E-state index contributed by atoms with van der Waals surface area (Å²) in [5, 5.41) is 23.2. The molecular weight excluding hydrogens is 311 g/mol. The lowest BCUT2D eigenvalue weighted by atomic mass is 10.2. The molecule has 0 aliphatic rings. The average Bonchev–Trinajstić information content (AvgIpc) is 3.04. The Labute approximate surface area is 136 Å². The number of nitriles is 1. The largest absolute Gasteiger partial charge is 0.324 e. The molecule has 0 aliphatic carbocycles. The predicted octanol–water partition coefficient (Wildman–Crippen LogP) is 1.99. The minimum Gasteiger partial charge on any atom is -0.324 e. The zero-order valence-corrected chi connectivity index (χ0v) is 12.3. The molecule has 2 aromatic carbocycles. The van der Waals surface area contributed by atoms with Crippen molar-refractivity contribution >= 4 is 11.6 Å². The van der Waals surface area contributed by atoms with Crippen molar-refractivity contribution in [2.45, 2.75) is 6.54 Å². The third-order valence-corrected chi connectivity index (χ3v) is 3.12. The highest BCUT2D eigenvalue weighted by molar-refractivity contribution is 5.90. The SMILES string of the molecule is N#Cc1cccc(NC(=O)Cn2nnc(-c3ccc(F)cc3)n2)c1. The molecule has 0 aliphatic heterocycles. The van der Waals surface area contributed by atoms with Crippen LogP contribution in [0.3, 0.4) is 0 Å². The first-order chi connectivity index (χ1) is 11.6. The highest BCUT2D eigenvalue weighted by atomic mass is 19.1. The third kappa shape index (κ3) is 3.59. The number of hydrogen-bond donors (Lipinski definition) is 1. The molecule has 1 N–H and O–H groups in total. The lowest BCUT2D eigenvalue weighted by Crippen LogP contribution is -2.20. The van der Waals surface area contributed by atoms with Crippen LogP contribution in [0.25, 0.3) is 11.4 Å². The summed E-state index contributed by atoms with van der Waals surface area (Å²) in [5.41, 5.74) is 1.56. The Morgan fingerprint density at radius 1 is 1.25 bits per heavy atom. The van der Waals surface area contributed by atoms with Gasteiger partial charge in [0.15, 0.2) is 0 Å². The molecule has 7 nitrogen and oxygen atoms in total. The van der Waals surface area contributed by atoms with E-state index in [4.69, 9.17) is 5.26 Å². The van der Waals surface area contributed by atoms with Crippen LogP contribution in [0.1, 0.15) is 5.56 Å². The minimum absolute atomic E-state index is 0.134. The van der Waals surface area contributed by atoms with Crippen molar-refractivity contribution in [2.24, 2.45) is 0 Å². The number of carbonyl (C=O) groups excluding carboxylic acids is 1. The standard InChI is InChI=1S/C16H11FN6O/c17-13-6-4-12(5-7-13)16-20-22-23(21-16)10-15(24)19-14-3-1-2-11(8-14)9-18/h1-8H,10H2,(H,19,24). The Bertz CT molecular complexity index is 913. The van der Waals surface area contributed by atoms with E-state index in [9.17, 15) is 9.18 Å². The van der Waals surface area contributed by atoms with Crippen LogP contribution in [0.2, 0.25) is 0 Å². The van der Waals surface area contributed by atoms with Gasteiger partial charge in [-0.25, -0.2) is 4.39 Å². The Kier molecular flexibility index (Phi) is 4.25. The number of benzene rings is 2. The summed E-state index contributed by atoms with van der Waals surface area (Å²) in [6.07, 6.45) is 0. The molecular formula is C16H11FN6O. The number of nitrogens with zero attached hydrogens (tertiary/aromatic N) is 5. The number of tetrazole rings is 1. The molecule has 0 saturated carbocycles. The molecule has 0 saturated heterocycles. The summed E-state index contributed by atoms with van der Waals surface area (Å²) < 4.78 is 12.9. The van der Waals surface area contributed by atoms with E-state index in [0.29, 0.717) is 22.6 Å². The van der Waals surface area contributed by atoms with Gasteiger partial charge in [0.2, 0.25) is 11.7 Å². The van der Waals surface area contributed by atoms with E-state index in [1.807, 2.05) is 6.07 Å². The smallest absolute Gasteiger partial charge is 0.248 e. The van der Waals surface area contributed by atoms with Gasteiger partial charge in [-0.2, -0.15) is 10.1 Å². The lowest BCUT2D eigenvalue weighted by Gasteiger charge is -2.04. The van der Waals surface area contributed by atoms with Crippen molar-refractivity contribution in [3.63, 3.8) is 0 Å². The van der Waals surface area contributed by atoms with E-state index in [1.165, 1.54) is 24.3 Å². The quantitative estimate of drug-likeness (QED) is 0.792. The molecule has 0 spiro atoms. The Balaban J connectivity index is 1.67. The molecule has 1 heterocycles. The topological polar surface area (TPSA) is 96.5 Å². The fraction of sp³-hybridized carbons (Fsp3) is 0.0625. The van der Waals surface area contributed by atoms with Gasteiger partial charge in [-0.1, -0.05) is 6.07 Å². The molecule has 0 unspecified atom stereocenters. The van der Waals surface area contributed by atoms with Gasteiger partial charge < -0.3 is 5.32 Å². The fourth-order valence-electron chi connectivity index (χ4n) is 2.02. The third-order valence-electron chi connectivity index (χ3n) is 3.12. The summed E-state index contributed by atoms with van der Waals surface area (Å²) in [5.74, 6) is -0.410. The fourth-order valence-corrected chi connectivity index (χ4v) is 2.02. The maximum atomic E-state index is 12.9. The summed E-state index contributed by atoms with van der Waals surface area (Å²) in [6, 6.07) is 14.2. The van der Waals surface area contributed by atoms with Gasteiger partial charge in [0, 0.05) is 11.3 Å². The van der Waals surface area contributed by atoms with Crippen molar-refractivity contribution in [3.05, 3.63) is 59.9 Å². The summed E-state index contributed by atoms with van der Waals surface area (Å²) in [4.78, 5) is 13.1. The van der Waals surface area contributed by atoms with Crippen LogP contribution in [0.15, 0.2) is 48.5 Å². The average molecular weight is 322 g/mol. The van der Waals surface area contributed by atoms with Crippen LogP contribution < -0.4 is 5.32 Å². The second-order valence-electron chi connectivity index (χ2n) is 4.89. The number of amides is 1. The van der Waals surface area contributed by atoms with E-state index in [0.717, 1.165) is 4.80 Å². The monoisotopic (exact) mass is 322 g/mol. The van der Waals surface area contributed by atoms with E-state index in [2.05, 4.69) is 20.7 Å². The highest BCUT2D eigenvalue weighted by Gasteiger charge is 2.10. The van der Waals surface area contributed by atoms with Gasteiger partial charge >= 0.3 is 0 Å². The number of hydrogen-bond acceptors (Lipinski definition) is 5. The van der Waals surface area contributed by atoms with Crippen LogP contribution in [0, 0.1) is 17.1 Å². The summed E-state index contributed by atoms with van der Waals surface area (Å²) in [7, 11) is 0. The van der Waals surface area contributed by atoms with E-state index in [-0.39, 0.29) is 18.3 Å². The molecule has 3 rings (SSSR count). The van der Waals surface area contributed by atoms with Crippen molar-refractivity contribution < 1.29 is 9.18 Å². The lowest BCUT2D eigenvalue weighted by molar-refractivity contribution is -0.117. The minimum atomic E-state index is -0.356. The number of anilines is 1. The van der Waals surface area contributed by atoms with Crippen LogP contribution in [0.5, 0.6) is 0 Å². The molecule has 0 atom stereocenters. The molecule has 1 aromatic heterocycles. The normalized spacial score (nSPS) is 10.2. The van der Waals surface area contributed by atoms with Crippen LogP contribution in [0.4, 0.5) is 10.1 Å².